The first-order chi connectivity index (χ1) is 10.7. The Kier molecular flexibility index (Phi) is 3.26. The molecule has 0 bridgehead atoms. The highest BCUT2D eigenvalue weighted by molar-refractivity contribution is 5.76. The van der Waals surface area contributed by atoms with Gasteiger partial charge in [0.05, 0.1) is 35.4 Å². The zero-order chi connectivity index (χ0) is 15.3. The molecule has 1 aliphatic carbocycles. The Bertz CT molecular complexity index is 652. The maximum Gasteiger partial charge on any atom is 0.0686 e. The molecule has 0 amide bonds. The molecule has 3 aliphatic rings. The maximum absolute atomic E-state index is 6.27. The molecule has 1 fully saturated rings. The Balaban J connectivity index is 1.82. The van der Waals surface area contributed by atoms with E-state index in [2.05, 4.69) is 35.8 Å². The van der Waals surface area contributed by atoms with E-state index in [4.69, 9.17) is 15.6 Å². The summed E-state index contributed by atoms with van der Waals surface area (Å²) < 4.78 is 7.77. The molecule has 118 valence electrons. The van der Waals surface area contributed by atoms with E-state index >= 15 is 0 Å². The van der Waals surface area contributed by atoms with E-state index in [1.807, 2.05) is 0 Å². The fraction of sp³-hybridized carbons (Fsp3) is 0.588. The van der Waals surface area contributed by atoms with E-state index in [0.717, 1.165) is 44.6 Å². The van der Waals surface area contributed by atoms with Crippen molar-refractivity contribution in [1.29, 1.82) is 0 Å². The van der Waals surface area contributed by atoms with Gasteiger partial charge in [-0.2, -0.15) is 5.10 Å². The molecule has 5 nitrogen and oxygen atoms in total. The molecule has 2 aliphatic heterocycles. The van der Waals surface area contributed by atoms with Gasteiger partial charge in [0, 0.05) is 25.8 Å². The van der Waals surface area contributed by atoms with Crippen molar-refractivity contribution in [3.63, 3.8) is 0 Å². The fourth-order valence-corrected chi connectivity index (χ4v) is 4.06. The van der Waals surface area contributed by atoms with Crippen LogP contribution in [0.15, 0.2) is 23.7 Å². The number of likely N-dealkylation sites (N-methyl/N-ethyl adjacent to an activating group) is 1. The molecule has 1 aromatic rings. The van der Waals surface area contributed by atoms with E-state index < -0.39 is 0 Å². The fourth-order valence-electron chi connectivity index (χ4n) is 4.06. The first-order valence-electron chi connectivity index (χ1n) is 8.26. The van der Waals surface area contributed by atoms with Crippen LogP contribution in [-0.2, 0) is 4.74 Å². The predicted octanol–water partition coefficient (Wildman–Crippen LogP) is 2.59. The van der Waals surface area contributed by atoms with Crippen LogP contribution >= 0.6 is 0 Å². The van der Waals surface area contributed by atoms with E-state index in [1.165, 1.54) is 22.5 Å². The molecule has 5 heteroatoms. The molecule has 1 unspecified atom stereocenters. The van der Waals surface area contributed by atoms with Crippen LogP contribution in [0.25, 0.3) is 5.57 Å². The lowest BCUT2D eigenvalue weighted by Gasteiger charge is -2.39. The van der Waals surface area contributed by atoms with Crippen molar-refractivity contribution in [3.8, 4) is 0 Å². The molecule has 4 rings (SSSR count). The van der Waals surface area contributed by atoms with Gasteiger partial charge in [0.2, 0.25) is 0 Å². The van der Waals surface area contributed by atoms with Crippen molar-refractivity contribution < 1.29 is 4.74 Å². The number of hydrogen-bond acceptors (Lipinski definition) is 4. The van der Waals surface area contributed by atoms with Crippen LogP contribution in [0.2, 0.25) is 0 Å². The SMILES string of the molecule is CC1c2c(cnn2C2CCOCC2)C2=C(C(N)=CCC2)N1C. The highest BCUT2D eigenvalue weighted by Gasteiger charge is 2.35. The first kappa shape index (κ1) is 13.9. The molecule has 3 heterocycles. The van der Waals surface area contributed by atoms with Crippen LogP contribution in [0, 0.1) is 0 Å². The van der Waals surface area contributed by atoms with Gasteiger partial charge in [0.25, 0.3) is 0 Å². The summed E-state index contributed by atoms with van der Waals surface area (Å²) in [6, 6.07) is 0.760. The third-order valence-corrected chi connectivity index (χ3v) is 5.34. The summed E-state index contributed by atoms with van der Waals surface area (Å²) in [7, 11) is 2.15. The van der Waals surface area contributed by atoms with Crippen LogP contribution in [-0.4, -0.2) is 34.9 Å². The van der Waals surface area contributed by atoms with Crippen LogP contribution in [0.4, 0.5) is 0 Å². The van der Waals surface area contributed by atoms with Crippen molar-refractivity contribution in [2.24, 2.45) is 5.73 Å². The molecule has 1 aromatic heterocycles. The normalized spacial score (nSPS) is 25.8. The third kappa shape index (κ3) is 1.92. The van der Waals surface area contributed by atoms with Crippen LogP contribution in [0.1, 0.15) is 55.9 Å². The lowest BCUT2D eigenvalue weighted by molar-refractivity contribution is 0.0642. The summed E-state index contributed by atoms with van der Waals surface area (Å²) in [5.74, 6) is 0. The molecule has 0 aromatic carbocycles. The highest BCUT2D eigenvalue weighted by Crippen LogP contribution is 2.44. The number of nitrogens with zero attached hydrogens (tertiary/aromatic N) is 3. The predicted molar refractivity (Wildman–Crippen MR) is 85.9 cm³/mol. The van der Waals surface area contributed by atoms with E-state index in [-0.39, 0.29) is 0 Å². The van der Waals surface area contributed by atoms with Crippen molar-refractivity contribution in [3.05, 3.63) is 34.9 Å². The Labute approximate surface area is 131 Å². The van der Waals surface area contributed by atoms with Crippen molar-refractivity contribution >= 4 is 5.57 Å². The van der Waals surface area contributed by atoms with E-state index in [0.29, 0.717) is 12.1 Å². The molecule has 0 saturated carbocycles. The van der Waals surface area contributed by atoms with Gasteiger partial charge >= 0.3 is 0 Å². The van der Waals surface area contributed by atoms with Gasteiger partial charge in [0.1, 0.15) is 0 Å². The average molecular weight is 300 g/mol. The largest absolute Gasteiger partial charge is 0.397 e. The smallest absolute Gasteiger partial charge is 0.0686 e. The molecule has 0 radical (unpaired) electrons. The number of hydrogen-bond donors (Lipinski definition) is 1. The summed E-state index contributed by atoms with van der Waals surface area (Å²) in [5, 5.41) is 4.76. The lowest BCUT2D eigenvalue weighted by Crippen LogP contribution is -2.34. The van der Waals surface area contributed by atoms with Gasteiger partial charge in [-0.15, -0.1) is 0 Å². The molecule has 2 N–H and O–H groups in total. The van der Waals surface area contributed by atoms with Gasteiger partial charge in [-0.25, -0.2) is 0 Å². The molecule has 22 heavy (non-hydrogen) atoms. The number of ether oxygens (including phenoxy) is 1. The summed E-state index contributed by atoms with van der Waals surface area (Å²) >= 11 is 0. The van der Waals surface area contributed by atoms with Gasteiger partial charge in [0.15, 0.2) is 0 Å². The summed E-state index contributed by atoms with van der Waals surface area (Å²) in [6.45, 7) is 3.93. The summed E-state index contributed by atoms with van der Waals surface area (Å²) in [5.41, 5.74) is 12.4. The summed E-state index contributed by atoms with van der Waals surface area (Å²) in [4.78, 5) is 2.32. The van der Waals surface area contributed by atoms with Gasteiger partial charge < -0.3 is 15.4 Å². The van der Waals surface area contributed by atoms with Crippen molar-refractivity contribution in [2.75, 3.05) is 20.3 Å². The minimum atomic E-state index is 0.296. The minimum absolute atomic E-state index is 0.296. The summed E-state index contributed by atoms with van der Waals surface area (Å²) in [6.07, 6.45) is 8.39. The first-order valence-corrected chi connectivity index (χ1v) is 8.26. The Morgan fingerprint density at radius 3 is 2.86 bits per heavy atom. The Morgan fingerprint density at radius 1 is 1.32 bits per heavy atom. The second-order valence-corrected chi connectivity index (χ2v) is 6.54. The van der Waals surface area contributed by atoms with Gasteiger partial charge in [-0.3, -0.25) is 4.68 Å². The van der Waals surface area contributed by atoms with Crippen LogP contribution in [0.3, 0.4) is 0 Å². The van der Waals surface area contributed by atoms with Crippen LogP contribution in [0.5, 0.6) is 0 Å². The molecular weight excluding hydrogens is 276 g/mol. The second kappa shape index (κ2) is 5.16. The van der Waals surface area contributed by atoms with Gasteiger partial charge in [-0.05, 0) is 38.2 Å². The molecular formula is C17H24N4O. The molecule has 1 atom stereocenters. The molecule has 0 spiro atoms. The standard InChI is InChI=1S/C17H24N4O/c1-11-16-14(10-19-21(16)12-6-8-22-9-7-12)13-4-3-5-15(18)17(13)20(11)2/h5,10-12H,3-4,6-9,18H2,1-2H3. The number of nitrogens with two attached hydrogens (primary N) is 1. The number of rotatable bonds is 1. The zero-order valence-corrected chi connectivity index (χ0v) is 13.4. The number of allylic oxidation sites excluding steroid dienone is 2. The van der Waals surface area contributed by atoms with Crippen molar-refractivity contribution in [1.82, 2.24) is 14.7 Å². The van der Waals surface area contributed by atoms with E-state index in [1.54, 1.807) is 0 Å². The lowest BCUT2D eigenvalue weighted by atomic mass is 9.87. The molecule has 1 saturated heterocycles. The van der Waals surface area contributed by atoms with E-state index in [9.17, 15) is 0 Å². The highest BCUT2D eigenvalue weighted by atomic mass is 16.5. The Hall–Kier alpha value is -1.75. The Morgan fingerprint density at radius 2 is 2.09 bits per heavy atom. The average Bonchev–Trinajstić information content (AvgIpc) is 2.98. The zero-order valence-electron chi connectivity index (χ0n) is 13.4. The quantitative estimate of drug-likeness (QED) is 0.866. The second-order valence-electron chi connectivity index (χ2n) is 6.54. The van der Waals surface area contributed by atoms with Gasteiger partial charge in [-0.1, -0.05) is 6.08 Å². The maximum atomic E-state index is 6.27. The number of fused-ring (bicyclic) bond motifs is 2. The minimum Gasteiger partial charge on any atom is -0.397 e. The van der Waals surface area contributed by atoms with Crippen molar-refractivity contribution in [2.45, 2.75) is 44.7 Å². The third-order valence-electron chi connectivity index (χ3n) is 5.34. The topological polar surface area (TPSA) is 56.3 Å². The van der Waals surface area contributed by atoms with Crippen LogP contribution < -0.4 is 5.73 Å². The monoisotopic (exact) mass is 300 g/mol. The number of aromatic nitrogens is 2.